The minimum Gasteiger partial charge on any atom is -0.497 e. The Labute approximate surface area is 182 Å². The molecule has 3 heteroatoms. The lowest BCUT2D eigenvalue weighted by atomic mass is 9.68. The van der Waals surface area contributed by atoms with Crippen LogP contribution >= 0.6 is 0 Å². The van der Waals surface area contributed by atoms with Gasteiger partial charge in [0.2, 0.25) is 6.29 Å². The monoisotopic (exact) mass is 410 g/mol. The van der Waals surface area contributed by atoms with Crippen molar-refractivity contribution in [2.75, 3.05) is 7.11 Å². The molecule has 0 amide bonds. The van der Waals surface area contributed by atoms with Crippen molar-refractivity contribution in [1.29, 1.82) is 0 Å². The number of hydrogen-bond donors (Lipinski definition) is 0. The van der Waals surface area contributed by atoms with Crippen molar-refractivity contribution in [1.82, 2.24) is 0 Å². The fraction of sp³-hybridized carbons (Fsp3) is 0.556. The summed E-state index contributed by atoms with van der Waals surface area (Å²) in [5, 5.41) is 0. The molecule has 1 aliphatic rings. The van der Waals surface area contributed by atoms with Crippen LogP contribution in [-0.4, -0.2) is 19.5 Å². The Bertz CT molecular complexity index is 758. The van der Waals surface area contributed by atoms with E-state index in [1.165, 1.54) is 30.4 Å². The zero-order valence-electron chi connectivity index (χ0n) is 19.3. The van der Waals surface area contributed by atoms with Crippen molar-refractivity contribution in [2.45, 2.75) is 89.9 Å². The van der Waals surface area contributed by atoms with Gasteiger partial charge in [-0.25, -0.2) is 0 Å². The van der Waals surface area contributed by atoms with E-state index >= 15 is 0 Å². The van der Waals surface area contributed by atoms with Crippen molar-refractivity contribution >= 4 is 0 Å². The molecule has 0 aromatic heterocycles. The van der Waals surface area contributed by atoms with E-state index < -0.39 is 0 Å². The van der Waals surface area contributed by atoms with Crippen LogP contribution in [0.4, 0.5) is 0 Å². The van der Waals surface area contributed by atoms with Crippen LogP contribution in [0.2, 0.25) is 0 Å². The summed E-state index contributed by atoms with van der Waals surface area (Å²) in [6.07, 6.45) is 6.71. The fourth-order valence-corrected chi connectivity index (χ4v) is 4.52. The predicted molar refractivity (Wildman–Crippen MR) is 124 cm³/mol. The lowest BCUT2D eigenvalue weighted by molar-refractivity contribution is -0.159. The van der Waals surface area contributed by atoms with Crippen molar-refractivity contribution in [2.24, 2.45) is 0 Å². The summed E-state index contributed by atoms with van der Waals surface area (Å²) in [6, 6.07) is 17.1. The summed E-state index contributed by atoms with van der Waals surface area (Å²) in [4.78, 5) is 0. The van der Waals surface area contributed by atoms with Crippen LogP contribution in [0.1, 0.15) is 83.3 Å². The average Bonchev–Trinajstić information content (AvgIpc) is 2.79. The Morgan fingerprint density at radius 3 is 1.97 bits per heavy atom. The Hall–Kier alpha value is -2.00. The quantitative estimate of drug-likeness (QED) is 0.408. The average molecular weight is 411 g/mol. The van der Waals surface area contributed by atoms with Gasteiger partial charge >= 0.3 is 0 Å². The topological polar surface area (TPSA) is 27.7 Å². The Kier molecular flexibility index (Phi) is 7.82. The molecule has 0 saturated heterocycles. The maximum absolute atomic E-state index is 6.59. The van der Waals surface area contributed by atoms with Crippen LogP contribution in [0.15, 0.2) is 48.5 Å². The number of methoxy groups -OCH3 is 1. The van der Waals surface area contributed by atoms with Crippen LogP contribution in [0.5, 0.6) is 11.5 Å². The van der Waals surface area contributed by atoms with Crippen molar-refractivity contribution < 1.29 is 14.2 Å². The van der Waals surface area contributed by atoms with Gasteiger partial charge in [-0.05, 0) is 74.4 Å². The zero-order chi connectivity index (χ0) is 21.6. The number of benzene rings is 2. The molecule has 0 aliphatic heterocycles. The molecule has 0 spiro atoms. The van der Waals surface area contributed by atoms with Gasteiger partial charge in [0.1, 0.15) is 11.5 Å². The van der Waals surface area contributed by atoms with E-state index in [-0.39, 0.29) is 17.8 Å². The minimum atomic E-state index is -0.319. The third-order valence-electron chi connectivity index (χ3n) is 6.56. The van der Waals surface area contributed by atoms with Gasteiger partial charge in [-0.2, -0.15) is 0 Å². The van der Waals surface area contributed by atoms with Crippen molar-refractivity contribution in [3.8, 4) is 11.5 Å². The van der Waals surface area contributed by atoms with E-state index in [1.54, 1.807) is 7.11 Å². The van der Waals surface area contributed by atoms with Crippen molar-refractivity contribution in [3.63, 3.8) is 0 Å². The lowest BCUT2D eigenvalue weighted by Crippen LogP contribution is -2.47. The van der Waals surface area contributed by atoms with Crippen LogP contribution in [-0.2, 0) is 10.2 Å². The lowest BCUT2D eigenvalue weighted by Gasteiger charge is -2.44. The second kappa shape index (κ2) is 10.3. The zero-order valence-corrected chi connectivity index (χ0v) is 19.3. The SMILES string of the molecule is CCC(C)c1ccc(OC(OC(C)C)C2(c3ccc(OC)cc3)CCCCC2)cc1. The van der Waals surface area contributed by atoms with E-state index in [0.29, 0.717) is 5.92 Å². The summed E-state index contributed by atoms with van der Waals surface area (Å²) in [7, 11) is 1.71. The van der Waals surface area contributed by atoms with Gasteiger partial charge in [-0.15, -0.1) is 0 Å². The molecule has 3 rings (SSSR count). The third kappa shape index (κ3) is 5.18. The van der Waals surface area contributed by atoms with Gasteiger partial charge in [-0.3, -0.25) is 0 Å². The van der Waals surface area contributed by atoms with Crippen LogP contribution < -0.4 is 9.47 Å². The molecule has 2 aromatic rings. The summed E-state index contributed by atoms with van der Waals surface area (Å²) < 4.78 is 18.4. The first-order valence-corrected chi connectivity index (χ1v) is 11.5. The molecule has 2 atom stereocenters. The Morgan fingerprint density at radius 1 is 0.833 bits per heavy atom. The maximum Gasteiger partial charge on any atom is 0.209 e. The molecule has 0 radical (unpaired) electrons. The molecule has 1 aliphatic carbocycles. The second-order valence-electron chi connectivity index (χ2n) is 8.96. The molecule has 0 heterocycles. The van der Waals surface area contributed by atoms with Gasteiger partial charge in [0.05, 0.1) is 18.6 Å². The molecule has 1 saturated carbocycles. The first kappa shape index (κ1) is 22.7. The number of hydrogen-bond acceptors (Lipinski definition) is 3. The highest BCUT2D eigenvalue weighted by atomic mass is 16.7. The second-order valence-corrected chi connectivity index (χ2v) is 8.96. The molecular formula is C27H38O3. The van der Waals surface area contributed by atoms with E-state index in [2.05, 4.69) is 76.2 Å². The molecule has 2 unspecified atom stereocenters. The van der Waals surface area contributed by atoms with E-state index in [4.69, 9.17) is 14.2 Å². The Morgan fingerprint density at radius 2 is 1.43 bits per heavy atom. The van der Waals surface area contributed by atoms with Gasteiger partial charge < -0.3 is 14.2 Å². The molecule has 164 valence electrons. The highest BCUT2D eigenvalue weighted by Gasteiger charge is 2.44. The molecule has 2 aromatic carbocycles. The molecule has 0 N–H and O–H groups in total. The van der Waals surface area contributed by atoms with Crippen molar-refractivity contribution in [3.05, 3.63) is 59.7 Å². The first-order valence-electron chi connectivity index (χ1n) is 11.5. The van der Waals surface area contributed by atoms with E-state index in [9.17, 15) is 0 Å². The normalized spacial score (nSPS) is 18.1. The fourth-order valence-electron chi connectivity index (χ4n) is 4.52. The first-order chi connectivity index (χ1) is 14.5. The molecular weight excluding hydrogens is 372 g/mol. The largest absolute Gasteiger partial charge is 0.497 e. The summed E-state index contributed by atoms with van der Waals surface area (Å²) in [5.74, 6) is 2.32. The van der Waals surface area contributed by atoms with Gasteiger partial charge in [-0.1, -0.05) is 57.4 Å². The number of rotatable bonds is 9. The third-order valence-corrected chi connectivity index (χ3v) is 6.56. The number of ether oxygens (including phenoxy) is 3. The molecule has 3 nitrogen and oxygen atoms in total. The Balaban J connectivity index is 1.93. The van der Waals surface area contributed by atoms with Gasteiger partial charge in [0.15, 0.2) is 0 Å². The van der Waals surface area contributed by atoms with Crippen LogP contribution in [0.25, 0.3) is 0 Å². The highest BCUT2D eigenvalue weighted by molar-refractivity contribution is 5.35. The molecule has 0 bridgehead atoms. The van der Waals surface area contributed by atoms with Crippen LogP contribution in [0.3, 0.4) is 0 Å². The minimum absolute atomic E-state index is 0.0893. The highest BCUT2D eigenvalue weighted by Crippen LogP contribution is 2.45. The van der Waals surface area contributed by atoms with Gasteiger partial charge in [0, 0.05) is 0 Å². The summed E-state index contributed by atoms with van der Waals surface area (Å²) in [6.45, 7) is 8.67. The molecule has 1 fully saturated rings. The van der Waals surface area contributed by atoms with Gasteiger partial charge in [0.25, 0.3) is 0 Å². The summed E-state index contributed by atoms with van der Waals surface area (Å²) in [5.41, 5.74) is 2.49. The smallest absolute Gasteiger partial charge is 0.209 e. The maximum atomic E-state index is 6.59. The van der Waals surface area contributed by atoms with Crippen LogP contribution in [0, 0.1) is 0 Å². The molecule has 30 heavy (non-hydrogen) atoms. The summed E-state index contributed by atoms with van der Waals surface area (Å²) >= 11 is 0. The standard InChI is InChI=1S/C27H38O3/c1-6-21(4)22-10-14-25(15-11-22)30-26(29-20(2)3)27(18-8-7-9-19-27)23-12-16-24(28-5)17-13-23/h10-17,20-21,26H,6-9,18-19H2,1-5H3. The predicted octanol–water partition coefficient (Wildman–Crippen LogP) is 7.24. The van der Waals surface area contributed by atoms with E-state index in [1.807, 2.05) is 0 Å². The van der Waals surface area contributed by atoms with E-state index in [0.717, 1.165) is 30.8 Å².